The van der Waals surface area contributed by atoms with Crippen LogP contribution in [-0.4, -0.2) is 126 Å². The lowest BCUT2D eigenvalue weighted by molar-refractivity contribution is -0.134. The minimum Gasteiger partial charge on any atom is -0.369 e. The van der Waals surface area contributed by atoms with Crippen LogP contribution in [0, 0.1) is 11.7 Å². The molecule has 3 atom stereocenters. The highest BCUT2D eigenvalue weighted by Crippen LogP contribution is 2.37. The number of amides is 5. The number of rotatable bonds is 10. The van der Waals surface area contributed by atoms with Gasteiger partial charge in [0, 0.05) is 76.4 Å². The highest BCUT2D eigenvalue weighted by atomic mass is 19.1. The second kappa shape index (κ2) is 16.1. The zero-order valence-electron chi connectivity index (χ0n) is 33.2. The lowest BCUT2D eigenvalue weighted by Gasteiger charge is -2.37. The highest BCUT2D eigenvalue weighted by molar-refractivity contribution is 6.02. The Kier molecular flexibility index (Phi) is 10.5. The highest BCUT2D eigenvalue weighted by Gasteiger charge is 2.36. The molecule has 0 spiro atoms. The molecule has 2 aromatic heterocycles. The van der Waals surface area contributed by atoms with E-state index in [2.05, 4.69) is 47.6 Å². The van der Waals surface area contributed by atoms with E-state index >= 15 is 4.39 Å². The van der Waals surface area contributed by atoms with E-state index in [0.717, 1.165) is 90.1 Å². The summed E-state index contributed by atoms with van der Waals surface area (Å²) in [7, 11) is 1.83. The topological polar surface area (TPSA) is 186 Å². The quantitative estimate of drug-likeness (QED) is 0.195. The van der Waals surface area contributed by atoms with Crippen molar-refractivity contribution in [3.63, 3.8) is 0 Å². The lowest BCUT2D eigenvalue weighted by Crippen LogP contribution is -2.49. The molecule has 9 rings (SSSR count). The van der Waals surface area contributed by atoms with Crippen molar-refractivity contribution in [3.8, 4) is 0 Å². The summed E-state index contributed by atoms with van der Waals surface area (Å²) >= 11 is 0. The van der Waals surface area contributed by atoms with Crippen molar-refractivity contribution in [2.75, 3.05) is 81.1 Å². The van der Waals surface area contributed by atoms with Gasteiger partial charge in [-0.15, -0.1) is 0 Å². The number of carbonyl (C=O) groups is 4. The number of nitrogens with one attached hydrogen (secondary N) is 2. The standard InChI is InChI=1S/C42H50FN11O5/c1-50-17-18-54(42(50)58)29-3-2-13-53(24-29)35-21-45-38(39(44)56)40(47-35)46-28-6-4-26(5-7-28)27-11-14-51(15-12-27)22-25-10-16-52(23-25)33-20-34-31(19-32(33)43)37(49-59-34)30-8-9-36(55)48-41(30)57/h4-7,19-21,25,27,29-30H,2-3,8-18,22-24H2,1H3,(H2,44,56)(H,46,47)(H,48,55,57)/t25-,29+,30?/m0/s1. The molecule has 5 fully saturated rings. The Morgan fingerprint density at radius 3 is 2.53 bits per heavy atom. The van der Waals surface area contributed by atoms with Crippen LogP contribution in [0.25, 0.3) is 11.0 Å². The summed E-state index contributed by atoms with van der Waals surface area (Å²) in [5.74, 6) is -0.649. The van der Waals surface area contributed by atoms with Crippen molar-refractivity contribution in [2.24, 2.45) is 11.7 Å². The number of hydrogen-bond acceptors (Lipinski definition) is 12. The van der Waals surface area contributed by atoms with Crippen molar-refractivity contribution < 1.29 is 28.1 Å². The first-order valence-electron chi connectivity index (χ1n) is 20.8. The van der Waals surface area contributed by atoms with Crippen molar-refractivity contribution in [1.29, 1.82) is 0 Å². The number of nitrogens with zero attached hydrogens (tertiary/aromatic N) is 8. The molecule has 16 nitrogen and oxygen atoms in total. The van der Waals surface area contributed by atoms with Gasteiger partial charge in [0.1, 0.15) is 17.3 Å². The predicted molar refractivity (Wildman–Crippen MR) is 218 cm³/mol. The molecule has 4 aromatic rings. The minimum absolute atomic E-state index is 0.0600. The van der Waals surface area contributed by atoms with Crippen LogP contribution in [0.2, 0.25) is 0 Å². The van der Waals surface area contributed by atoms with Crippen LogP contribution in [0.5, 0.6) is 0 Å². The maximum atomic E-state index is 15.6. The Labute approximate surface area is 341 Å². The molecule has 7 heterocycles. The van der Waals surface area contributed by atoms with Gasteiger partial charge < -0.3 is 40.1 Å². The molecule has 0 aliphatic carbocycles. The number of halogens is 1. The average Bonchev–Trinajstić information content (AvgIpc) is 3.96. The van der Waals surface area contributed by atoms with Gasteiger partial charge in [0.05, 0.1) is 23.8 Å². The zero-order chi connectivity index (χ0) is 40.8. The Morgan fingerprint density at radius 1 is 0.966 bits per heavy atom. The van der Waals surface area contributed by atoms with Crippen LogP contribution < -0.4 is 26.2 Å². The number of imide groups is 1. The van der Waals surface area contributed by atoms with Gasteiger partial charge in [0.15, 0.2) is 17.1 Å². The van der Waals surface area contributed by atoms with Crippen molar-refractivity contribution in [1.82, 2.24) is 35.1 Å². The molecular formula is C42H50FN11O5. The number of carbonyl (C=O) groups excluding carboxylic acids is 4. The Hall–Kier alpha value is -5.84. The maximum Gasteiger partial charge on any atom is 0.320 e. The van der Waals surface area contributed by atoms with Gasteiger partial charge in [-0.05, 0) is 87.2 Å². The summed E-state index contributed by atoms with van der Waals surface area (Å²) in [5, 5.41) is 10.2. The fraction of sp³-hybridized carbons (Fsp3) is 0.500. The van der Waals surface area contributed by atoms with Crippen LogP contribution in [0.4, 0.5) is 32.2 Å². The van der Waals surface area contributed by atoms with E-state index in [4.69, 9.17) is 15.2 Å². The largest absolute Gasteiger partial charge is 0.369 e. The molecule has 2 aromatic carbocycles. The number of aromatic nitrogens is 3. The summed E-state index contributed by atoms with van der Waals surface area (Å²) in [5.41, 5.74) is 9.11. The molecule has 1 unspecified atom stereocenters. The number of benzene rings is 2. The fourth-order valence-corrected chi connectivity index (χ4v) is 9.63. The molecule has 5 saturated heterocycles. The molecule has 17 heteroatoms. The van der Waals surface area contributed by atoms with Crippen LogP contribution in [0.15, 0.2) is 47.1 Å². The molecule has 59 heavy (non-hydrogen) atoms. The van der Waals surface area contributed by atoms with E-state index in [1.54, 1.807) is 17.2 Å². The smallest absolute Gasteiger partial charge is 0.320 e. The van der Waals surface area contributed by atoms with E-state index in [1.165, 1.54) is 11.6 Å². The molecule has 5 amide bonds. The maximum absolute atomic E-state index is 15.6. The SMILES string of the molecule is CN1CCN([C@@H]2CCCN(c3cnc(C(N)=O)c(Nc4ccc(C5CCN(C[C@@H]6CCN(c7cc8onc(C9CCC(=O)NC9=O)c8cc7F)C6)CC5)cc4)n3)C2)C1=O. The first-order valence-corrected chi connectivity index (χ1v) is 20.8. The number of piperidine rings is 3. The number of urea groups is 1. The van der Waals surface area contributed by atoms with E-state index in [1.807, 2.05) is 24.1 Å². The predicted octanol–water partition coefficient (Wildman–Crippen LogP) is 4.16. The summed E-state index contributed by atoms with van der Waals surface area (Å²) in [6.45, 7) is 7.27. The molecule has 0 saturated carbocycles. The van der Waals surface area contributed by atoms with Crippen molar-refractivity contribution in [2.45, 2.75) is 62.8 Å². The number of nitrogens with two attached hydrogens (primary N) is 1. The second-order valence-electron chi connectivity index (χ2n) is 16.7. The monoisotopic (exact) mass is 807 g/mol. The first-order chi connectivity index (χ1) is 28.6. The Balaban J connectivity index is 0.780. The molecule has 5 aliphatic heterocycles. The van der Waals surface area contributed by atoms with E-state index in [9.17, 15) is 19.2 Å². The third-order valence-corrected chi connectivity index (χ3v) is 12.9. The minimum atomic E-state index is -0.662. The summed E-state index contributed by atoms with van der Waals surface area (Å²) in [4.78, 5) is 68.7. The first kappa shape index (κ1) is 38.7. The van der Waals surface area contributed by atoms with E-state index in [0.29, 0.717) is 58.8 Å². The second-order valence-corrected chi connectivity index (χ2v) is 16.7. The Bertz CT molecular complexity index is 2260. The van der Waals surface area contributed by atoms with Crippen molar-refractivity contribution in [3.05, 3.63) is 65.4 Å². The van der Waals surface area contributed by atoms with Gasteiger partial charge in [-0.1, -0.05) is 17.3 Å². The zero-order valence-corrected chi connectivity index (χ0v) is 33.2. The summed E-state index contributed by atoms with van der Waals surface area (Å²) < 4.78 is 21.1. The lowest BCUT2D eigenvalue weighted by atomic mass is 9.89. The average molecular weight is 808 g/mol. The van der Waals surface area contributed by atoms with E-state index in [-0.39, 0.29) is 35.9 Å². The van der Waals surface area contributed by atoms with Crippen LogP contribution in [0.1, 0.15) is 78.5 Å². The van der Waals surface area contributed by atoms with Gasteiger partial charge in [-0.2, -0.15) is 0 Å². The van der Waals surface area contributed by atoms with Gasteiger partial charge >= 0.3 is 6.03 Å². The van der Waals surface area contributed by atoms with Gasteiger partial charge in [0.2, 0.25) is 11.8 Å². The van der Waals surface area contributed by atoms with Crippen LogP contribution in [-0.2, 0) is 9.59 Å². The number of likely N-dealkylation sites (tertiary alicyclic amines) is 1. The summed E-state index contributed by atoms with van der Waals surface area (Å²) in [6, 6.07) is 11.5. The van der Waals surface area contributed by atoms with Crippen LogP contribution >= 0.6 is 0 Å². The summed E-state index contributed by atoms with van der Waals surface area (Å²) in [6.07, 6.45) is 7.00. The van der Waals surface area contributed by atoms with Gasteiger partial charge in [0.25, 0.3) is 5.91 Å². The molecule has 0 radical (unpaired) electrons. The number of likely N-dealkylation sites (N-methyl/N-ethyl adjacent to an activating group) is 1. The molecular weight excluding hydrogens is 758 g/mol. The third kappa shape index (κ3) is 7.87. The molecule has 5 aliphatic rings. The Morgan fingerprint density at radius 2 is 1.78 bits per heavy atom. The number of fused-ring (bicyclic) bond motifs is 1. The number of primary amides is 1. The van der Waals surface area contributed by atoms with Crippen LogP contribution in [0.3, 0.4) is 0 Å². The van der Waals surface area contributed by atoms with Gasteiger partial charge in [-0.3, -0.25) is 19.7 Å². The molecule has 310 valence electrons. The fourth-order valence-electron chi connectivity index (χ4n) is 9.63. The van der Waals surface area contributed by atoms with Gasteiger partial charge in [-0.25, -0.2) is 19.2 Å². The third-order valence-electron chi connectivity index (χ3n) is 12.9. The number of hydrogen-bond donors (Lipinski definition) is 3. The molecule has 4 N–H and O–H groups in total. The molecule has 0 bridgehead atoms. The van der Waals surface area contributed by atoms with E-state index < -0.39 is 17.7 Å². The normalized spacial score (nSPS) is 23.4. The van der Waals surface area contributed by atoms with Crippen molar-refractivity contribution >= 4 is 57.7 Å². The number of anilines is 4.